The second-order valence-electron chi connectivity index (χ2n) is 8.70. The summed E-state index contributed by atoms with van der Waals surface area (Å²) in [7, 11) is 1.31. The van der Waals surface area contributed by atoms with Crippen LogP contribution in [0.3, 0.4) is 0 Å². The van der Waals surface area contributed by atoms with Crippen LogP contribution in [-0.2, 0) is 75.9 Å². The van der Waals surface area contributed by atoms with Crippen molar-refractivity contribution in [3.63, 3.8) is 0 Å². The third-order valence-electron chi connectivity index (χ3n) is 5.07. The predicted octanol–water partition coefficient (Wildman–Crippen LogP) is -0.0783. The van der Waals surface area contributed by atoms with Crippen LogP contribution in [0.15, 0.2) is 0 Å². The van der Waals surface area contributed by atoms with Crippen LogP contribution in [-0.4, -0.2) is 184 Å². The molecule has 0 rings (SSSR count). The first-order chi connectivity index (χ1) is 22.2. The number of ether oxygens (including phenoxy) is 14. The Morgan fingerprint density at radius 2 is 0.533 bits per heavy atom. The van der Waals surface area contributed by atoms with E-state index in [4.69, 9.17) is 61.6 Å². The van der Waals surface area contributed by atoms with Crippen LogP contribution in [0.5, 0.6) is 0 Å². The first kappa shape index (κ1) is 43.5. The number of carbonyl (C=O) groups is 2. The normalized spacial score (nSPS) is 11.2. The molecule has 0 aliphatic heterocycles. The standard InChI is InChI=1S/C29H56O16/c1-28(30)45-26-25-43-22-21-41-18-17-39-14-13-37-10-9-35-6-5-33-3-4-34-7-8-36-11-12-38-15-16-40-19-20-42-23-24-44-27-29(31)32-2/h3-27H2,1-2H3. The van der Waals surface area contributed by atoms with Crippen molar-refractivity contribution in [1.29, 1.82) is 0 Å². The summed E-state index contributed by atoms with van der Waals surface area (Å²) in [4.78, 5) is 21.4. The lowest BCUT2D eigenvalue weighted by molar-refractivity contribution is -0.146. The first-order valence-electron chi connectivity index (χ1n) is 15.3. The third-order valence-corrected chi connectivity index (χ3v) is 5.07. The summed E-state index contributed by atoms with van der Waals surface area (Å²) in [6.07, 6.45) is 0. The second kappa shape index (κ2) is 38.6. The van der Waals surface area contributed by atoms with Crippen molar-refractivity contribution in [2.24, 2.45) is 0 Å². The van der Waals surface area contributed by atoms with E-state index >= 15 is 0 Å². The molecule has 0 atom stereocenters. The van der Waals surface area contributed by atoms with Gasteiger partial charge in [0, 0.05) is 6.92 Å². The predicted molar refractivity (Wildman–Crippen MR) is 158 cm³/mol. The fourth-order valence-corrected chi connectivity index (χ4v) is 2.88. The van der Waals surface area contributed by atoms with E-state index in [2.05, 4.69) is 4.74 Å². The zero-order valence-electron chi connectivity index (χ0n) is 27.2. The van der Waals surface area contributed by atoms with E-state index in [1.165, 1.54) is 14.0 Å². The van der Waals surface area contributed by atoms with E-state index in [9.17, 15) is 9.59 Å². The van der Waals surface area contributed by atoms with Gasteiger partial charge < -0.3 is 66.3 Å². The zero-order chi connectivity index (χ0) is 32.7. The highest BCUT2D eigenvalue weighted by Gasteiger charge is 1.99. The van der Waals surface area contributed by atoms with Gasteiger partial charge in [-0.25, -0.2) is 4.79 Å². The molecule has 0 unspecified atom stereocenters. The molecule has 0 aliphatic rings. The van der Waals surface area contributed by atoms with Gasteiger partial charge in [0.15, 0.2) is 0 Å². The minimum absolute atomic E-state index is 0.0741. The molecule has 0 fully saturated rings. The molecule has 0 aromatic carbocycles. The molecule has 16 heteroatoms. The molecule has 45 heavy (non-hydrogen) atoms. The van der Waals surface area contributed by atoms with E-state index in [0.717, 1.165) is 0 Å². The van der Waals surface area contributed by atoms with Crippen molar-refractivity contribution in [3.8, 4) is 0 Å². The van der Waals surface area contributed by atoms with Crippen molar-refractivity contribution < 1.29 is 75.9 Å². The van der Waals surface area contributed by atoms with Crippen molar-refractivity contribution >= 4 is 11.9 Å². The van der Waals surface area contributed by atoms with Crippen LogP contribution in [0.1, 0.15) is 6.92 Å². The SMILES string of the molecule is COC(=O)COCCOCCOCCOCCOCCOCCOCCOCCOCCOCCOCCOCCOC(C)=O. The Labute approximate surface area is 267 Å². The number of methoxy groups -OCH3 is 1. The quantitative estimate of drug-likeness (QED) is 0.0638. The van der Waals surface area contributed by atoms with Crippen LogP contribution in [0.25, 0.3) is 0 Å². The Hall–Kier alpha value is -1.54. The number of rotatable bonds is 38. The molecule has 16 nitrogen and oxygen atoms in total. The molecule has 0 bridgehead atoms. The summed E-state index contributed by atoms with van der Waals surface area (Å²) in [6, 6.07) is 0. The van der Waals surface area contributed by atoms with E-state index in [1.54, 1.807) is 0 Å². The Kier molecular flexibility index (Phi) is 37.3. The molecule has 0 spiro atoms. The van der Waals surface area contributed by atoms with Gasteiger partial charge in [-0.3, -0.25) is 4.79 Å². The third kappa shape index (κ3) is 40.4. The zero-order valence-corrected chi connectivity index (χ0v) is 27.2. The average molecular weight is 661 g/mol. The van der Waals surface area contributed by atoms with Gasteiger partial charge in [0.2, 0.25) is 0 Å². The molecule has 0 amide bonds. The van der Waals surface area contributed by atoms with E-state index < -0.39 is 5.97 Å². The molecule has 0 radical (unpaired) electrons. The Balaban J connectivity index is 3.06. The fourth-order valence-electron chi connectivity index (χ4n) is 2.88. The Morgan fingerprint density at radius 1 is 0.333 bits per heavy atom. The summed E-state index contributed by atoms with van der Waals surface area (Å²) in [6.45, 7) is 12.1. The smallest absolute Gasteiger partial charge is 0.331 e. The van der Waals surface area contributed by atoms with Gasteiger partial charge in [0.25, 0.3) is 0 Å². The van der Waals surface area contributed by atoms with Gasteiger partial charge in [-0.15, -0.1) is 0 Å². The lowest BCUT2D eigenvalue weighted by Crippen LogP contribution is -2.16. The van der Waals surface area contributed by atoms with E-state index in [1.807, 2.05) is 0 Å². The van der Waals surface area contributed by atoms with Crippen LogP contribution in [0.4, 0.5) is 0 Å². The van der Waals surface area contributed by atoms with Crippen molar-refractivity contribution in [1.82, 2.24) is 0 Å². The molecule has 0 aromatic heterocycles. The number of hydrogen-bond acceptors (Lipinski definition) is 16. The van der Waals surface area contributed by atoms with Crippen molar-refractivity contribution in [2.45, 2.75) is 6.92 Å². The summed E-state index contributed by atoms with van der Waals surface area (Å²) in [5, 5.41) is 0. The minimum atomic E-state index is -0.411. The molecule has 0 aromatic rings. The van der Waals surface area contributed by atoms with E-state index in [-0.39, 0.29) is 19.2 Å². The molecule has 0 aliphatic carbocycles. The van der Waals surface area contributed by atoms with Crippen LogP contribution >= 0.6 is 0 Å². The molecule has 268 valence electrons. The summed E-state index contributed by atoms with van der Waals surface area (Å²) >= 11 is 0. The largest absolute Gasteiger partial charge is 0.467 e. The lowest BCUT2D eigenvalue weighted by atomic mass is 10.6. The highest BCUT2D eigenvalue weighted by atomic mass is 16.6. The van der Waals surface area contributed by atoms with Crippen LogP contribution < -0.4 is 0 Å². The molecule has 0 saturated heterocycles. The number of esters is 2. The molecular formula is C29H56O16. The molecule has 0 saturated carbocycles. The fraction of sp³-hybridized carbons (Fsp3) is 0.931. The van der Waals surface area contributed by atoms with Crippen LogP contribution in [0.2, 0.25) is 0 Å². The Morgan fingerprint density at radius 3 is 0.733 bits per heavy atom. The van der Waals surface area contributed by atoms with Crippen molar-refractivity contribution in [3.05, 3.63) is 0 Å². The van der Waals surface area contributed by atoms with Gasteiger partial charge in [0.1, 0.15) is 13.2 Å². The summed E-state index contributed by atoms with van der Waals surface area (Å²) < 4.78 is 73.7. The monoisotopic (exact) mass is 660 g/mol. The second-order valence-corrected chi connectivity index (χ2v) is 8.70. The number of carbonyl (C=O) groups excluding carboxylic acids is 2. The lowest BCUT2D eigenvalue weighted by Gasteiger charge is -2.09. The van der Waals surface area contributed by atoms with Crippen LogP contribution in [0, 0.1) is 0 Å². The van der Waals surface area contributed by atoms with Crippen molar-refractivity contribution in [2.75, 3.05) is 172 Å². The van der Waals surface area contributed by atoms with Gasteiger partial charge in [0.05, 0.1) is 159 Å². The minimum Gasteiger partial charge on any atom is -0.467 e. The average Bonchev–Trinajstić information content (AvgIpc) is 3.03. The van der Waals surface area contributed by atoms with Gasteiger partial charge in [-0.1, -0.05) is 0 Å². The maximum Gasteiger partial charge on any atom is 0.331 e. The maximum atomic E-state index is 10.8. The molecular weight excluding hydrogens is 604 g/mol. The number of hydrogen-bond donors (Lipinski definition) is 0. The maximum absolute atomic E-state index is 10.8. The van der Waals surface area contributed by atoms with Gasteiger partial charge >= 0.3 is 11.9 Å². The highest BCUT2D eigenvalue weighted by Crippen LogP contribution is 1.88. The molecule has 0 heterocycles. The summed E-state index contributed by atoms with van der Waals surface area (Å²) in [5.74, 6) is -0.726. The van der Waals surface area contributed by atoms with E-state index in [0.29, 0.717) is 152 Å². The Bertz CT molecular complexity index is 613. The van der Waals surface area contributed by atoms with Gasteiger partial charge in [-0.05, 0) is 0 Å². The molecule has 0 N–H and O–H groups in total. The topological polar surface area (TPSA) is 163 Å². The summed E-state index contributed by atoms with van der Waals surface area (Å²) in [5.41, 5.74) is 0. The first-order valence-corrected chi connectivity index (χ1v) is 15.3. The van der Waals surface area contributed by atoms with Gasteiger partial charge in [-0.2, -0.15) is 0 Å². The highest BCUT2D eigenvalue weighted by molar-refractivity contribution is 5.70.